The highest BCUT2D eigenvalue weighted by Crippen LogP contribution is 2.15. The number of methoxy groups -OCH3 is 1. The molecule has 1 atom stereocenters. The lowest BCUT2D eigenvalue weighted by molar-refractivity contribution is 0.0696. The molecule has 1 aromatic carbocycles. The van der Waals surface area contributed by atoms with E-state index in [0.29, 0.717) is 5.56 Å². The van der Waals surface area contributed by atoms with Gasteiger partial charge >= 0.3 is 5.97 Å². The summed E-state index contributed by atoms with van der Waals surface area (Å²) in [6.45, 7) is 1.91. The number of ether oxygens (including phenoxy) is 1. The van der Waals surface area contributed by atoms with E-state index >= 15 is 0 Å². The summed E-state index contributed by atoms with van der Waals surface area (Å²) in [5.74, 6) is -0.906. The molecule has 0 bridgehead atoms. The van der Waals surface area contributed by atoms with Crippen LogP contribution >= 0.6 is 0 Å². The van der Waals surface area contributed by atoms with Crippen molar-refractivity contribution in [3.8, 4) is 0 Å². The van der Waals surface area contributed by atoms with E-state index in [-0.39, 0.29) is 6.10 Å². The Morgan fingerprint density at radius 1 is 1.38 bits per heavy atom. The molecule has 3 nitrogen and oxygen atoms in total. The minimum Gasteiger partial charge on any atom is -0.478 e. The van der Waals surface area contributed by atoms with E-state index in [9.17, 15) is 4.79 Å². The fourth-order valence-electron chi connectivity index (χ4n) is 1.03. The predicted octanol–water partition coefficient (Wildman–Crippen LogP) is 2.09. The number of rotatable bonds is 3. The van der Waals surface area contributed by atoms with Crippen LogP contribution in [0.4, 0.5) is 0 Å². The second kappa shape index (κ2) is 4.05. The van der Waals surface area contributed by atoms with Crippen LogP contribution < -0.4 is 0 Å². The minimum absolute atomic E-state index is 0.00263. The molecule has 0 saturated carbocycles. The zero-order valence-corrected chi connectivity index (χ0v) is 7.65. The van der Waals surface area contributed by atoms with Crippen molar-refractivity contribution in [3.63, 3.8) is 0 Å². The topological polar surface area (TPSA) is 46.5 Å². The average Bonchev–Trinajstić information content (AvgIpc) is 2.17. The van der Waals surface area contributed by atoms with Crippen molar-refractivity contribution >= 4 is 5.97 Å². The fourth-order valence-corrected chi connectivity index (χ4v) is 1.03. The van der Waals surface area contributed by atoms with E-state index < -0.39 is 5.97 Å². The molecule has 0 aliphatic heterocycles. The highest BCUT2D eigenvalue weighted by Gasteiger charge is 2.05. The Kier molecular flexibility index (Phi) is 3.03. The summed E-state index contributed by atoms with van der Waals surface area (Å²) in [4.78, 5) is 10.5. The highest BCUT2D eigenvalue weighted by atomic mass is 16.5. The fraction of sp³-hybridized carbons (Fsp3) is 0.300. The van der Waals surface area contributed by atoms with Gasteiger partial charge in [0.25, 0.3) is 0 Å². The van der Waals surface area contributed by atoms with Crippen LogP contribution in [0.2, 0.25) is 0 Å². The van der Waals surface area contributed by atoms with Gasteiger partial charge in [-0.25, -0.2) is 4.79 Å². The van der Waals surface area contributed by atoms with Crippen molar-refractivity contribution in [2.24, 2.45) is 0 Å². The summed E-state index contributed by atoms with van der Waals surface area (Å²) in [7, 11) is 1.62. The monoisotopic (exact) mass is 180 g/mol. The third kappa shape index (κ3) is 2.29. The van der Waals surface area contributed by atoms with Crippen molar-refractivity contribution in [2.75, 3.05) is 7.11 Å². The van der Waals surface area contributed by atoms with Gasteiger partial charge in [0.05, 0.1) is 11.7 Å². The van der Waals surface area contributed by atoms with Gasteiger partial charge < -0.3 is 9.84 Å². The molecule has 0 saturated heterocycles. The molecule has 0 fully saturated rings. The Morgan fingerprint density at radius 3 is 2.31 bits per heavy atom. The zero-order chi connectivity index (χ0) is 9.84. The highest BCUT2D eigenvalue weighted by molar-refractivity contribution is 5.87. The van der Waals surface area contributed by atoms with E-state index in [1.165, 1.54) is 0 Å². The lowest BCUT2D eigenvalue weighted by atomic mass is 10.1. The molecule has 0 radical (unpaired) electrons. The molecule has 0 aliphatic rings. The van der Waals surface area contributed by atoms with Crippen LogP contribution in [0.5, 0.6) is 0 Å². The van der Waals surface area contributed by atoms with Crippen LogP contribution in [0.3, 0.4) is 0 Å². The van der Waals surface area contributed by atoms with Crippen LogP contribution in [0.1, 0.15) is 28.9 Å². The second-order valence-corrected chi connectivity index (χ2v) is 2.81. The summed E-state index contributed by atoms with van der Waals surface area (Å²) < 4.78 is 5.09. The van der Waals surface area contributed by atoms with E-state index in [0.717, 1.165) is 5.56 Å². The molecule has 13 heavy (non-hydrogen) atoms. The SMILES string of the molecule is COC(C)c1ccc(C(=O)O)cc1. The summed E-state index contributed by atoms with van der Waals surface area (Å²) >= 11 is 0. The number of benzene rings is 1. The predicted molar refractivity (Wildman–Crippen MR) is 48.8 cm³/mol. The largest absolute Gasteiger partial charge is 0.478 e. The van der Waals surface area contributed by atoms with E-state index in [2.05, 4.69) is 0 Å². The first-order chi connectivity index (χ1) is 6.15. The van der Waals surface area contributed by atoms with Gasteiger partial charge in [-0.2, -0.15) is 0 Å². The minimum atomic E-state index is -0.906. The van der Waals surface area contributed by atoms with Gasteiger partial charge in [-0.3, -0.25) is 0 Å². The van der Waals surface area contributed by atoms with Crippen LogP contribution in [0.15, 0.2) is 24.3 Å². The van der Waals surface area contributed by atoms with E-state index in [4.69, 9.17) is 9.84 Å². The Hall–Kier alpha value is -1.35. The standard InChI is InChI=1S/C10H12O3/c1-7(13-2)8-3-5-9(6-4-8)10(11)12/h3-7H,1-2H3,(H,11,12). The maximum absolute atomic E-state index is 10.5. The van der Waals surface area contributed by atoms with E-state index in [1.54, 1.807) is 31.4 Å². The van der Waals surface area contributed by atoms with Crippen molar-refractivity contribution in [2.45, 2.75) is 13.0 Å². The summed E-state index contributed by atoms with van der Waals surface area (Å²) in [6, 6.07) is 6.68. The maximum Gasteiger partial charge on any atom is 0.335 e. The van der Waals surface area contributed by atoms with Crippen LogP contribution in [0, 0.1) is 0 Å². The third-order valence-corrected chi connectivity index (χ3v) is 1.98. The first-order valence-electron chi connectivity index (χ1n) is 4.01. The number of hydrogen-bond acceptors (Lipinski definition) is 2. The lowest BCUT2D eigenvalue weighted by Crippen LogP contribution is -1.99. The summed E-state index contributed by atoms with van der Waals surface area (Å²) in [5.41, 5.74) is 1.28. The Balaban J connectivity index is 2.87. The molecular weight excluding hydrogens is 168 g/mol. The Morgan fingerprint density at radius 2 is 1.92 bits per heavy atom. The molecule has 1 aromatic rings. The average molecular weight is 180 g/mol. The molecule has 1 rings (SSSR count). The van der Waals surface area contributed by atoms with Crippen LogP contribution in [0.25, 0.3) is 0 Å². The van der Waals surface area contributed by atoms with Crippen molar-refractivity contribution < 1.29 is 14.6 Å². The summed E-state index contributed by atoms with van der Waals surface area (Å²) in [6.07, 6.45) is 0.00263. The molecule has 1 unspecified atom stereocenters. The first kappa shape index (κ1) is 9.74. The number of carboxylic acids is 1. The van der Waals surface area contributed by atoms with Gasteiger partial charge in [0.1, 0.15) is 0 Å². The smallest absolute Gasteiger partial charge is 0.335 e. The zero-order valence-electron chi connectivity index (χ0n) is 7.65. The lowest BCUT2D eigenvalue weighted by Gasteiger charge is -2.09. The number of carboxylic acid groups (broad SMARTS) is 1. The Bertz CT molecular complexity index is 290. The molecule has 0 aromatic heterocycles. The first-order valence-corrected chi connectivity index (χ1v) is 4.01. The van der Waals surface area contributed by atoms with Crippen LogP contribution in [-0.4, -0.2) is 18.2 Å². The summed E-state index contributed by atoms with van der Waals surface area (Å²) in [5, 5.41) is 8.64. The van der Waals surface area contributed by atoms with Gasteiger partial charge in [-0.15, -0.1) is 0 Å². The number of hydrogen-bond donors (Lipinski definition) is 1. The maximum atomic E-state index is 10.5. The van der Waals surface area contributed by atoms with Crippen molar-refractivity contribution in [1.82, 2.24) is 0 Å². The molecule has 0 amide bonds. The van der Waals surface area contributed by atoms with Gasteiger partial charge in [0.15, 0.2) is 0 Å². The van der Waals surface area contributed by atoms with Crippen molar-refractivity contribution in [3.05, 3.63) is 35.4 Å². The molecule has 0 aliphatic carbocycles. The van der Waals surface area contributed by atoms with Crippen molar-refractivity contribution in [1.29, 1.82) is 0 Å². The molecular formula is C10H12O3. The molecule has 1 N–H and O–H groups in total. The second-order valence-electron chi connectivity index (χ2n) is 2.81. The van der Waals surface area contributed by atoms with Gasteiger partial charge in [-0.05, 0) is 24.6 Å². The quantitative estimate of drug-likeness (QED) is 0.774. The molecule has 0 heterocycles. The molecule has 0 spiro atoms. The van der Waals surface area contributed by atoms with Gasteiger partial charge in [0.2, 0.25) is 0 Å². The van der Waals surface area contributed by atoms with E-state index in [1.807, 2.05) is 6.92 Å². The normalized spacial score (nSPS) is 12.5. The molecule has 70 valence electrons. The van der Waals surface area contributed by atoms with Gasteiger partial charge in [0, 0.05) is 7.11 Å². The third-order valence-electron chi connectivity index (χ3n) is 1.98. The number of carbonyl (C=O) groups is 1. The Labute approximate surface area is 77.0 Å². The van der Waals surface area contributed by atoms with Gasteiger partial charge in [-0.1, -0.05) is 12.1 Å². The number of aromatic carboxylic acids is 1. The van der Waals surface area contributed by atoms with Crippen LogP contribution in [-0.2, 0) is 4.74 Å². The molecule has 3 heteroatoms.